The van der Waals surface area contributed by atoms with E-state index in [9.17, 15) is 13.2 Å². The SMILES string of the molecule is O=C1/C(=C/c2ccc(Br)c(Br)c2)SC(=S)N1NS(=O)(=O)c1ccccc1. The lowest BCUT2D eigenvalue weighted by molar-refractivity contribution is -0.123. The van der Waals surface area contributed by atoms with Gasteiger partial charge in [-0.2, -0.15) is 0 Å². The molecule has 1 fully saturated rings. The van der Waals surface area contributed by atoms with Crippen LogP contribution in [0.25, 0.3) is 6.08 Å². The number of halogens is 2. The topological polar surface area (TPSA) is 66.5 Å². The smallest absolute Gasteiger partial charge is 0.267 e. The van der Waals surface area contributed by atoms with Crippen molar-refractivity contribution in [1.29, 1.82) is 0 Å². The minimum absolute atomic E-state index is 0.0508. The van der Waals surface area contributed by atoms with Crippen LogP contribution in [0, 0.1) is 0 Å². The molecule has 10 heteroatoms. The van der Waals surface area contributed by atoms with E-state index in [1.807, 2.05) is 18.2 Å². The number of amides is 1. The maximum absolute atomic E-state index is 12.6. The predicted molar refractivity (Wildman–Crippen MR) is 114 cm³/mol. The summed E-state index contributed by atoms with van der Waals surface area (Å²) in [7, 11) is -3.90. The summed E-state index contributed by atoms with van der Waals surface area (Å²) >= 11 is 13.0. The van der Waals surface area contributed by atoms with E-state index in [0.29, 0.717) is 4.91 Å². The number of sulfonamides is 1. The molecule has 1 amide bonds. The average Bonchev–Trinajstić information content (AvgIpc) is 2.86. The molecule has 0 spiro atoms. The highest BCUT2D eigenvalue weighted by atomic mass is 79.9. The molecule has 0 bridgehead atoms. The van der Waals surface area contributed by atoms with Crippen LogP contribution in [0.5, 0.6) is 0 Å². The first-order valence-corrected chi connectivity index (χ1v) is 11.4. The van der Waals surface area contributed by atoms with Crippen LogP contribution in [0.15, 0.2) is 67.3 Å². The second-order valence-corrected chi connectivity index (χ2v) is 10.1. The Bertz CT molecular complexity index is 1020. The van der Waals surface area contributed by atoms with E-state index in [-0.39, 0.29) is 9.22 Å². The molecule has 0 radical (unpaired) electrons. The van der Waals surface area contributed by atoms with Crippen molar-refractivity contribution in [3.63, 3.8) is 0 Å². The highest BCUT2D eigenvalue weighted by molar-refractivity contribution is 9.13. The predicted octanol–water partition coefficient (Wildman–Crippen LogP) is 4.31. The Kier molecular flexibility index (Phi) is 6.00. The van der Waals surface area contributed by atoms with E-state index in [4.69, 9.17) is 12.2 Å². The van der Waals surface area contributed by atoms with Crippen LogP contribution in [-0.2, 0) is 14.8 Å². The van der Waals surface area contributed by atoms with E-state index < -0.39 is 15.9 Å². The van der Waals surface area contributed by atoms with E-state index in [1.54, 1.807) is 24.3 Å². The minimum Gasteiger partial charge on any atom is -0.267 e. The van der Waals surface area contributed by atoms with Crippen molar-refractivity contribution in [1.82, 2.24) is 9.84 Å². The van der Waals surface area contributed by atoms with Gasteiger partial charge in [-0.3, -0.25) is 4.79 Å². The summed E-state index contributed by atoms with van der Waals surface area (Å²) in [6.07, 6.45) is 1.66. The average molecular weight is 534 g/mol. The van der Waals surface area contributed by atoms with Crippen LogP contribution in [-0.4, -0.2) is 23.7 Å². The molecule has 3 rings (SSSR count). The molecule has 0 aliphatic carbocycles. The van der Waals surface area contributed by atoms with Crippen molar-refractivity contribution in [2.75, 3.05) is 0 Å². The molecule has 1 aliphatic rings. The number of hydrazine groups is 1. The number of hydrogen-bond acceptors (Lipinski definition) is 5. The van der Waals surface area contributed by atoms with Gasteiger partial charge in [-0.25, -0.2) is 13.4 Å². The van der Waals surface area contributed by atoms with Crippen molar-refractivity contribution < 1.29 is 13.2 Å². The van der Waals surface area contributed by atoms with E-state index >= 15 is 0 Å². The van der Waals surface area contributed by atoms with E-state index in [2.05, 4.69) is 36.7 Å². The van der Waals surface area contributed by atoms with Gasteiger partial charge in [-0.15, -0.1) is 4.83 Å². The molecule has 134 valence electrons. The van der Waals surface area contributed by atoms with E-state index in [1.165, 1.54) is 12.1 Å². The Labute approximate surface area is 177 Å². The molecule has 1 aliphatic heterocycles. The van der Waals surface area contributed by atoms with Crippen LogP contribution >= 0.6 is 55.8 Å². The van der Waals surface area contributed by atoms with Crippen molar-refractivity contribution in [2.45, 2.75) is 4.90 Å². The molecule has 0 saturated carbocycles. The largest absolute Gasteiger partial charge is 0.281 e. The van der Waals surface area contributed by atoms with Gasteiger partial charge in [-0.05, 0) is 67.8 Å². The number of carbonyl (C=O) groups excluding carboxylic acids is 1. The maximum atomic E-state index is 12.6. The number of thiocarbonyl (C=S) groups is 1. The summed E-state index contributed by atoms with van der Waals surface area (Å²) in [6.45, 7) is 0. The van der Waals surface area contributed by atoms with Gasteiger partial charge in [0.1, 0.15) is 0 Å². The van der Waals surface area contributed by atoms with Crippen LogP contribution < -0.4 is 4.83 Å². The van der Waals surface area contributed by atoms with Gasteiger partial charge in [-0.1, -0.05) is 48.2 Å². The monoisotopic (exact) mass is 532 g/mol. The first kappa shape index (κ1) is 19.7. The highest BCUT2D eigenvalue weighted by Crippen LogP contribution is 2.33. The van der Waals surface area contributed by atoms with Gasteiger partial charge < -0.3 is 0 Å². The summed E-state index contributed by atoms with van der Waals surface area (Å²) in [5.41, 5.74) is 0.784. The van der Waals surface area contributed by atoms with Crippen molar-refractivity contribution in [2.24, 2.45) is 0 Å². The summed E-state index contributed by atoms with van der Waals surface area (Å²) in [6, 6.07) is 13.3. The lowest BCUT2D eigenvalue weighted by atomic mass is 10.2. The summed E-state index contributed by atoms with van der Waals surface area (Å²) in [4.78, 5) is 15.2. The maximum Gasteiger partial charge on any atom is 0.281 e. The highest BCUT2D eigenvalue weighted by Gasteiger charge is 2.35. The zero-order valence-corrected chi connectivity index (χ0v) is 18.5. The minimum atomic E-state index is -3.90. The third-order valence-electron chi connectivity index (χ3n) is 3.30. The molecule has 1 N–H and O–H groups in total. The Morgan fingerprint density at radius 2 is 1.77 bits per heavy atom. The molecule has 0 atom stereocenters. The van der Waals surface area contributed by atoms with Gasteiger partial charge in [0.15, 0.2) is 4.32 Å². The molecule has 26 heavy (non-hydrogen) atoms. The molecular formula is C16H10Br2N2O3S3. The molecule has 2 aromatic carbocycles. The summed E-state index contributed by atoms with van der Waals surface area (Å²) in [5.74, 6) is -0.515. The molecule has 2 aromatic rings. The summed E-state index contributed by atoms with van der Waals surface area (Å²) in [5, 5.41) is 0.877. The molecule has 0 aromatic heterocycles. The van der Waals surface area contributed by atoms with Crippen LogP contribution in [0.2, 0.25) is 0 Å². The number of thioether (sulfide) groups is 1. The number of rotatable bonds is 4. The van der Waals surface area contributed by atoms with E-state index in [0.717, 1.165) is 31.3 Å². The normalized spacial score (nSPS) is 16.5. The zero-order valence-electron chi connectivity index (χ0n) is 12.8. The fourth-order valence-electron chi connectivity index (χ4n) is 2.07. The van der Waals surface area contributed by atoms with Crippen molar-refractivity contribution >= 4 is 82.2 Å². The number of carbonyl (C=O) groups is 1. The molecule has 1 heterocycles. The fourth-order valence-corrected chi connectivity index (χ4v) is 5.05. The third kappa shape index (κ3) is 4.26. The Balaban J connectivity index is 1.85. The first-order valence-electron chi connectivity index (χ1n) is 7.08. The fraction of sp³-hybridized carbons (Fsp3) is 0. The Morgan fingerprint density at radius 3 is 2.42 bits per heavy atom. The second-order valence-electron chi connectivity index (χ2n) is 5.10. The third-order valence-corrected chi connectivity index (χ3v) is 7.80. The zero-order chi connectivity index (χ0) is 18.9. The van der Waals surface area contributed by atoms with Gasteiger partial charge >= 0.3 is 0 Å². The lowest BCUT2D eigenvalue weighted by Gasteiger charge is -2.15. The Hall–Kier alpha value is -1.04. The Morgan fingerprint density at radius 1 is 1.08 bits per heavy atom. The van der Waals surface area contributed by atoms with Gasteiger partial charge in [0.2, 0.25) is 0 Å². The number of benzene rings is 2. The van der Waals surface area contributed by atoms with Gasteiger partial charge in [0, 0.05) is 8.95 Å². The quantitative estimate of drug-likeness (QED) is 0.468. The molecular weight excluding hydrogens is 524 g/mol. The summed E-state index contributed by atoms with van der Waals surface area (Å²) < 4.78 is 26.7. The molecule has 1 saturated heterocycles. The second kappa shape index (κ2) is 7.91. The molecule has 5 nitrogen and oxygen atoms in total. The van der Waals surface area contributed by atoms with Crippen molar-refractivity contribution in [3.8, 4) is 0 Å². The molecule has 0 unspecified atom stereocenters. The lowest BCUT2D eigenvalue weighted by Crippen LogP contribution is -2.44. The van der Waals surface area contributed by atoms with Crippen LogP contribution in [0.3, 0.4) is 0 Å². The number of hydrogen-bond donors (Lipinski definition) is 1. The van der Waals surface area contributed by atoms with Crippen molar-refractivity contribution in [3.05, 3.63) is 67.9 Å². The first-order chi connectivity index (χ1) is 12.3. The van der Waals surface area contributed by atoms with Gasteiger partial charge in [0.05, 0.1) is 9.80 Å². The number of nitrogens with zero attached hydrogens (tertiary/aromatic N) is 1. The van der Waals surface area contributed by atoms with Crippen LogP contribution in [0.1, 0.15) is 5.56 Å². The van der Waals surface area contributed by atoms with Gasteiger partial charge in [0.25, 0.3) is 15.9 Å². The van der Waals surface area contributed by atoms with Crippen LogP contribution in [0.4, 0.5) is 0 Å². The number of nitrogens with one attached hydrogen (secondary N) is 1. The standard InChI is InChI=1S/C16H10Br2N2O3S3/c17-12-7-6-10(8-13(12)18)9-14-15(21)20(16(24)25-14)19-26(22,23)11-4-2-1-3-5-11/h1-9,19H/b14-9-.